The summed E-state index contributed by atoms with van der Waals surface area (Å²) < 4.78 is 39.9. The number of hydrogen-bond acceptors (Lipinski definition) is 5. The van der Waals surface area contributed by atoms with E-state index in [4.69, 9.17) is 4.84 Å². The molecule has 3 heterocycles. The first-order valence-corrected chi connectivity index (χ1v) is 12.7. The van der Waals surface area contributed by atoms with Gasteiger partial charge in [-0.15, -0.1) is 0 Å². The third kappa shape index (κ3) is 5.36. The number of carbonyl (C=O) groups is 1. The molecule has 36 heavy (non-hydrogen) atoms. The Morgan fingerprint density at radius 3 is 2.50 bits per heavy atom. The van der Waals surface area contributed by atoms with Gasteiger partial charge in [0, 0.05) is 31.1 Å². The summed E-state index contributed by atoms with van der Waals surface area (Å²) in [4.78, 5) is 24.8. The van der Waals surface area contributed by atoms with Crippen LogP contribution in [0.5, 0.6) is 0 Å². The van der Waals surface area contributed by atoms with Crippen LogP contribution in [0.1, 0.15) is 61.8 Å². The minimum Gasteiger partial charge on any atom is -0.356 e. The molecule has 6 nitrogen and oxygen atoms in total. The van der Waals surface area contributed by atoms with Crippen LogP contribution in [-0.2, 0) is 22.4 Å². The zero-order valence-electron chi connectivity index (χ0n) is 20.1. The largest absolute Gasteiger partial charge is 0.433 e. The molecule has 1 aromatic carbocycles. The van der Waals surface area contributed by atoms with E-state index in [-0.39, 0.29) is 18.4 Å². The molecule has 2 aromatic rings. The molecule has 1 saturated carbocycles. The van der Waals surface area contributed by atoms with Crippen molar-refractivity contribution in [2.24, 2.45) is 5.92 Å². The number of nitrogens with one attached hydrogen (secondary N) is 2. The second-order valence-electron chi connectivity index (χ2n) is 9.91. The molecule has 2 aliphatic heterocycles. The van der Waals surface area contributed by atoms with Gasteiger partial charge in [0.1, 0.15) is 17.1 Å². The maximum absolute atomic E-state index is 13.3. The molecule has 2 fully saturated rings. The van der Waals surface area contributed by atoms with E-state index in [0.717, 1.165) is 49.4 Å². The third-order valence-electron chi connectivity index (χ3n) is 7.41. The van der Waals surface area contributed by atoms with Crippen molar-refractivity contribution >= 4 is 17.4 Å². The summed E-state index contributed by atoms with van der Waals surface area (Å²) in [7, 11) is 0. The number of piperidine rings is 1. The van der Waals surface area contributed by atoms with Gasteiger partial charge in [0.25, 0.3) is 0 Å². The minimum atomic E-state index is -4.50. The number of pyridine rings is 1. The first kappa shape index (κ1) is 24.6. The summed E-state index contributed by atoms with van der Waals surface area (Å²) in [5.74, 6) is 0.0956. The van der Waals surface area contributed by atoms with E-state index in [2.05, 4.69) is 21.9 Å². The van der Waals surface area contributed by atoms with E-state index in [1.165, 1.54) is 6.07 Å². The predicted molar refractivity (Wildman–Crippen MR) is 130 cm³/mol. The maximum Gasteiger partial charge on any atom is 0.433 e. The molecule has 0 bridgehead atoms. The van der Waals surface area contributed by atoms with Crippen LogP contribution in [-0.4, -0.2) is 29.6 Å². The Morgan fingerprint density at radius 1 is 1.08 bits per heavy atom. The number of rotatable bonds is 5. The summed E-state index contributed by atoms with van der Waals surface area (Å²) in [6, 6.07) is 12.4. The second kappa shape index (κ2) is 10.1. The zero-order valence-corrected chi connectivity index (χ0v) is 20.1. The fraction of sp³-hybridized carbons (Fsp3) is 0.481. The standard InChI is InChI=1S/C27H31F3N4O2/c28-27(29,30)23-10-9-21(24(32-23)34-15-5-2-6-16-34)18-31-25(35)20-11-13-26(14-12-20)17-22(33-36-26)19-7-3-1-4-8-19/h1,3-4,7-10,17,20,33H,2,5-6,11-16,18H2,(H,31,35). The highest BCUT2D eigenvalue weighted by Gasteiger charge is 2.41. The molecule has 192 valence electrons. The predicted octanol–water partition coefficient (Wildman–Crippen LogP) is 5.21. The molecular formula is C27H31F3N4O2. The highest BCUT2D eigenvalue weighted by Crippen LogP contribution is 2.40. The van der Waals surface area contributed by atoms with E-state index >= 15 is 0 Å². The molecule has 9 heteroatoms. The van der Waals surface area contributed by atoms with E-state index in [0.29, 0.717) is 37.3 Å². The lowest BCUT2D eigenvalue weighted by Crippen LogP contribution is -2.40. The number of anilines is 1. The monoisotopic (exact) mass is 500 g/mol. The van der Waals surface area contributed by atoms with E-state index in [9.17, 15) is 18.0 Å². The topological polar surface area (TPSA) is 66.5 Å². The fourth-order valence-electron chi connectivity index (χ4n) is 5.33. The summed E-state index contributed by atoms with van der Waals surface area (Å²) in [5, 5.41) is 2.96. The average molecular weight is 501 g/mol. The Balaban J connectivity index is 1.21. The highest BCUT2D eigenvalue weighted by molar-refractivity contribution is 5.79. The molecule has 3 aliphatic rings. The second-order valence-corrected chi connectivity index (χ2v) is 9.91. The number of hydroxylamine groups is 1. The van der Waals surface area contributed by atoms with Crippen molar-refractivity contribution in [3.05, 3.63) is 65.4 Å². The van der Waals surface area contributed by atoms with Crippen molar-refractivity contribution in [2.75, 3.05) is 18.0 Å². The van der Waals surface area contributed by atoms with Crippen LogP contribution >= 0.6 is 0 Å². The molecule has 1 aromatic heterocycles. The summed E-state index contributed by atoms with van der Waals surface area (Å²) in [5.41, 5.74) is 4.35. The normalized spacial score (nSPS) is 24.4. The van der Waals surface area contributed by atoms with Crippen molar-refractivity contribution < 1.29 is 22.8 Å². The Labute approximate surface area is 208 Å². The van der Waals surface area contributed by atoms with Crippen LogP contribution in [0.15, 0.2) is 48.5 Å². The molecule has 0 unspecified atom stereocenters. The first-order valence-electron chi connectivity index (χ1n) is 12.7. The fourth-order valence-corrected chi connectivity index (χ4v) is 5.33. The molecule has 0 atom stereocenters. The van der Waals surface area contributed by atoms with Gasteiger partial charge in [0.15, 0.2) is 0 Å². The molecule has 2 N–H and O–H groups in total. The first-order chi connectivity index (χ1) is 17.3. The van der Waals surface area contributed by atoms with Gasteiger partial charge in [-0.2, -0.15) is 13.2 Å². The highest BCUT2D eigenvalue weighted by atomic mass is 19.4. The number of benzene rings is 1. The van der Waals surface area contributed by atoms with Gasteiger partial charge >= 0.3 is 6.18 Å². The zero-order chi connectivity index (χ0) is 25.2. The SMILES string of the molecule is O=C(NCc1ccc(C(F)(F)F)nc1N1CCCCC1)C1CCC2(C=C(c3ccccc3)NO2)CC1. The number of alkyl halides is 3. The molecule has 0 radical (unpaired) electrons. The van der Waals surface area contributed by atoms with Crippen LogP contribution < -0.4 is 15.7 Å². The molecule has 5 rings (SSSR count). The number of carbonyl (C=O) groups excluding carboxylic acids is 1. The van der Waals surface area contributed by atoms with E-state index < -0.39 is 17.5 Å². The smallest absolute Gasteiger partial charge is 0.356 e. The van der Waals surface area contributed by atoms with Crippen LogP contribution in [0.4, 0.5) is 19.0 Å². The Kier molecular flexibility index (Phi) is 6.92. The molecule has 1 spiro atoms. The number of hydrogen-bond donors (Lipinski definition) is 2. The van der Waals surface area contributed by atoms with Crippen LogP contribution in [0.3, 0.4) is 0 Å². The molecule has 1 amide bonds. The maximum atomic E-state index is 13.3. The van der Waals surface area contributed by atoms with Gasteiger partial charge in [-0.1, -0.05) is 36.4 Å². The molecule has 1 saturated heterocycles. The summed E-state index contributed by atoms with van der Waals surface area (Å²) in [6.07, 6.45) is 3.31. The van der Waals surface area contributed by atoms with E-state index in [1.54, 1.807) is 0 Å². The van der Waals surface area contributed by atoms with Gasteiger partial charge in [-0.25, -0.2) is 4.98 Å². The molecular weight excluding hydrogens is 469 g/mol. The Morgan fingerprint density at radius 2 is 1.81 bits per heavy atom. The van der Waals surface area contributed by atoms with Gasteiger partial charge in [0.05, 0.1) is 5.70 Å². The van der Waals surface area contributed by atoms with E-state index in [1.807, 2.05) is 35.2 Å². The van der Waals surface area contributed by atoms with Gasteiger partial charge < -0.3 is 10.2 Å². The van der Waals surface area contributed by atoms with Crippen LogP contribution in [0, 0.1) is 5.92 Å². The van der Waals surface area contributed by atoms with Crippen LogP contribution in [0.2, 0.25) is 0 Å². The Hall–Kier alpha value is -3.07. The number of amides is 1. The summed E-state index contributed by atoms with van der Waals surface area (Å²) in [6.45, 7) is 1.51. The van der Waals surface area contributed by atoms with Gasteiger partial charge in [0.2, 0.25) is 5.91 Å². The minimum absolute atomic E-state index is 0.0763. The summed E-state index contributed by atoms with van der Waals surface area (Å²) >= 11 is 0. The average Bonchev–Trinajstić information content (AvgIpc) is 3.31. The lowest BCUT2D eigenvalue weighted by atomic mass is 9.78. The quantitative estimate of drug-likeness (QED) is 0.590. The van der Waals surface area contributed by atoms with Gasteiger partial charge in [-0.05, 0) is 62.7 Å². The third-order valence-corrected chi connectivity index (χ3v) is 7.41. The van der Waals surface area contributed by atoms with Crippen molar-refractivity contribution in [3.8, 4) is 0 Å². The van der Waals surface area contributed by atoms with Gasteiger partial charge in [-0.3, -0.25) is 15.1 Å². The van der Waals surface area contributed by atoms with Crippen molar-refractivity contribution in [1.29, 1.82) is 0 Å². The van der Waals surface area contributed by atoms with Crippen molar-refractivity contribution in [2.45, 2.75) is 63.3 Å². The van der Waals surface area contributed by atoms with Crippen LogP contribution in [0.25, 0.3) is 5.70 Å². The van der Waals surface area contributed by atoms with Crippen molar-refractivity contribution in [1.82, 2.24) is 15.8 Å². The lowest BCUT2D eigenvalue weighted by Gasteiger charge is -2.33. The number of halogens is 3. The Bertz CT molecular complexity index is 1110. The number of nitrogens with zero attached hydrogens (tertiary/aromatic N) is 2. The van der Waals surface area contributed by atoms with Crippen molar-refractivity contribution in [3.63, 3.8) is 0 Å². The lowest BCUT2D eigenvalue weighted by molar-refractivity contribution is -0.141. The molecule has 1 aliphatic carbocycles. The number of aromatic nitrogens is 1.